The van der Waals surface area contributed by atoms with Crippen molar-refractivity contribution >= 4 is 11.9 Å². The molecule has 5 nitrogen and oxygen atoms in total. The fourth-order valence-electron chi connectivity index (χ4n) is 3.52. The lowest BCUT2D eigenvalue weighted by Gasteiger charge is -2.55. The highest BCUT2D eigenvalue weighted by Crippen LogP contribution is 2.49. The number of carboxylic acid groups (broad SMARTS) is 1. The lowest BCUT2D eigenvalue weighted by molar-refractivity contribution is -0.145. The zero-order valence-corrected chi connectivity index (χ0v) is 11.8. The third kappa shape index (κ3) is 2.24. The minimum atomic E-state index is -0.860. The molecule has 2 rings (SSSR count). The van der Waals surface area contributed by atoms with Crippen LogP contribution in [0.25, 0.3) is 0 Å². The molecular weight excluding hydrogens is 246 g/mol. The molecule has 19 heavy (non-hydrogen) atoms. The summed E-state index contributed by atoms with van der Waals surface area (Å²) in [6, 6.07) is 0.120. The molecule has 0 aromatic heterocycles. The quantitative estimate of drug-likeness (QED) is 0.764. The van der Waals surface area contributed by atoms with E-state index in [9.17, 15) is 9.59 Å². The summed E-state index contributed by atoms with van der Waals surface area (Å²) in [5.41, 5.74) is 0.0119. The molecule has 0 saturated heterocycles. The van der Waals surface area contributed by atoms with Crippen molar-refractivity contribution in [2.45, 2.75) is 51.7 Å². The molecule has 2 N–H and O–H groups in total. The fraction of sp³-hybridized carbons (Fsp3) is 0.857. The number of ether oxygens (including phenoxy) is 1. The third-order valence-electron chi connectivity index (χ3n) is 5.15. The van der Waals surface area contributed by atoms with E-state index in [0.29, 0.717) is 6.42 Å². The van der Waals surface area contributed by atoms with Gasteiger partial charge in [-0.1, -0.05) is 13.8 Å². The molecule has 0 aromatic carbocycles. The number of hydrogen-bond acceptors (Lipinski definition) is 3. The molecule has 4 unspecified atom stereocenters. The van der Waals surface area contributed by atoms with Crippen molar-refractivity contribution in [3.63, 3.8) is 0 Å². The molecule has 0 bridgehead atoms. The minimum absolute atomic E-state index is 0.0119. The van der Waals surface area contributed by atoms with E-state index in [-0.39, 0.29) is 29.4 Å². The largest absolute Gasteiger partial charge is 0.481 e. The van der Waals surface area contributed by atoms with Gasteiger partial charge in [-0.2, -0.15) is 0 Å². The van der Waals surface area contributed by atoms with Crippen LogP contribution in [-0.4, -0.2) is 36.2 Å². The van der Waals surface area contributed by atoms with Crippen LogP contribution >= 0.6 is 0 Å². The Balaban J connectivity index is 1.93. The first-order valence-corrected chi connectivity index (χ1v) is 7.06. The summed E-state index contributed by atoms with van der Waals surface area (Å²) in [4.78, 5) is 22.8. The van der Waals surface area contributed by atoms with Crippen LogP contribution in [0.4, 0.5) is 0 Å². The van der Waals surface area contributed by atoms with Crippen LogP contribution in [0, 0.1) is 17.3 Å². The molecule has 1 amide bonds. The molecule has 4 atom stereocenters. The molecule has 2 aliphatic carbocycles. The van der Waals surface area contributed by atoms with Crippen LogP contribution in [0.5, 0.6) is 0 Å². The monoisotopic (exact) mass is 269 g/mol. The predicted molar refractivity (Wildman–Crippen MR) is 69.6 cm³/mol. The second-order valence-corrected chi connectivity index (χ2v) is 5.75. The Morgan fingerprint density at radius 3 is 2.32 bits per heavy atom. The van der Waals surface area contributed by atoms with Crippen molar-refractivity contribution in [3.8, 4) is 0 Å². The van der Waals surface area contributed by atoms with E-state index >= 15 is 0 Å². The van der Waals surface area contributed by atoms with Gasteiger partial charge in [0.05, 0.1) is 17.9 Å². The molecule has 0 aliphatic heterocycles. The maximum atomic E-state index is 12.0. The summed E-state index contributed by atoms with van der Waals surface area (Å²) in [5.74, 6) is -1.76. The molecule has 0 radical (unpaired) electrons. The smallest absolute Gasteiger partial charge is 0.307 e. The fourth-order valence-corrected chi connectivity index (χ4v) is 3.52. The first-order valence-electron chi connectivity index (χ1n) is 7.06. The minimum Gasteiger partial charge on any atom is -0.481 e. The topological polar surface area (TPSA) is 75.6 Å². The number of aliphatic carboxylic acids is 1. The predicted octanol–water partition coefficient (Wildman–Crippen LogP) is 1.42. The van der Waals surface area contributed by atoms with E-state index in [1.54, 1.807) is 7.11 Å². The van der Waals surface area contributed by atoms with Gasteiger partial charge in [0.25, 0.3) is 0 Å². The van der Waals surface area contributed by atoms with Crippen LogP contribution in [-0.2, 0) is 14.3 Å². The average molecular weight is 269 g/mol. The third-order valence-corrected chi connectivity index (χ3v) is 5.15. The average Bonchev–Trinajstić information content (AvgIpc) is 3.15. The van der Waals surface area contributed by atoms with Crippen LogP contribution < -0.4 is 5.32 Å². The van der Waals surface area contributed by atoms with Crippen molar-refractivity contribution in [1.29, 1.82) is 0 Å². The van der Waals surface area contributed by atoms with Crippen LogP contribution in [0.1, 0.15) is 39.5 Å². The van der Waals surface area contributed by atoms with Gasteiger partial charge in [0.2, 0.25) is 5.91 Å². The summed E-state index contributed by atoms with van der Waals surface area (Å²) in [7, 11) is 1.71. The normalized spacial score (nSPS) is 35.3. The summed E-state index contributed by atoms with van der Waals surface area (Å²) >= 11 is 0. The molecule has 0 aromatic rings. The lowest BCUT2D eigenvalue weighted by atomic mass is 9.58. The van der Waals surface area contributed by atoms with E-state index in [2.05, 4.69) is 19.2 Å². The molecule has 108 valence electrons. The molecular formula is C14H23NO4. The Morgan fingerprint density at radius 2 is 1.89 bits per heavy atom. The Labute approximate surface area is 113 Å². The van der Waals surface area contributed by atoms with Crippen molar-refractivity contribution in [1.82, 2.24) is 5.32 Å². The zero-order chi connectivity index (χ0) is 14.2. The number of carbonyl (C=O) groups is 2. The number of rotatable bonds is 6. The molecule has 2 fully saturated rings. The number of nitrogens with one attached hydrogen (secondary N) is 1. The molecule has 2 saturated carbocycles. The Morgan fingerprint density at radius 1 is 1.26 bits per heavy atom. The van der Waals surface area contributed by atoms with E-state index in [0.717, 1.165) is 19.3 Å². The van der Waals surface area contributed by atoms with E-state index < -0.39 is 11.9 Å². The van der Waals surface area contributed by atoms with Gasteiger partial charge >= 0.3 is 5.97 Å². The Bertz CT molecular complexity index is 378. The van der Waals surface area contributed by atoms with E-state index in [1.807, 2.05) is 0 Å². The Hall–Kier alpha value is -1.10. The second-order valence-electron chi connectivity index (χ2n) is 5.75. The van der Waals surface area contributed by atoms with Crippen molar-refractivity contribution in [2.24, 2.45) is 17.3 Å². The van der Waals surface area contributed by atoms with Crippen molar-refractivity contribution in [2.75, 3.05) is 7.11 Å². The highest BCUT2D eigenvalue weighted by atomic mass is 16.5. The number of methoxy groups -OCH3 is 1. The Kier molecular flexibility index (Phi) is 3.85. The molecule has 5 heteroatoms. The first-order chi connectivity index (χ1) is 9.00. The second kappa shape index (κ2) is 5.12. The van der Waals surface area contributed by atoms with Crippen molar-refractivity contribution in [3.05, 3.63) is 0 Å². The number of hydrogen-bond donors (Lipinski definition) is 2. The SMILES string of the molecule is CCC1(CC)C(NC(=O)C2CC2C(=O)O)CC1OC. The number of amides is 1. The summed E-state index contributed by atoms with van der Waals surface area (Å²) in [6.07, 6.45) is 3.42. The van der Waals surface area contributed by atoms with Gasteiger partial charge in [-0.15, -0.1) is 0 Å². The summed E-state index contributed by atoms with van der Waals surface area (Å²) in [6.45, 7) is 4.23. The first kappa shape index (κ1) is 14.3. The molecule has 2 aliphatic rings. The van der Waals surface area contributed by atoms with E-state index in [4.69, 9.17) is 9.84 Å². The standard InChI is InChI=1S/C14H23NO4/c1-4-14(5-2)10(7-11(14)19-3)15-12(16)8-6-9(8)13(17)18/h8-11H,4-7H2,1-3H3,(H,15,16)(H,17,18). The van der Waals surface area contributed by atoms with Crippen LogP contribution in [0.3, 0.4) is 0 Å². The van der Waals surface area contributed by atoms with E-state index in [1.165, 1.54) is 0 Å². The lowest BCUT2D eigenvalue weighted by Crippen LogP contribution is -2.64. The summed E-state index contributed by atoms with van der Waals surface area (Å²) in [5, 5.41) is 11.9. The summed E-state index contributed by atoms with van der Waals surface area (Å²) < 4.78 is 5.49. The van der Waals surface area contributed by atoms with Gasteiger partial charge in [0.1, 0.15) is 0 Å². The maximum absolute atomic E-state index is 12.0. The van der Waals surface area contributed by atoms with Gasteiger partial charge in [0, 0.05) is 18.6 Å². The maximum Gasteiger partial charge on any atom is 0.307 e. The van der Waals surface area contributed by atoms with Gasteiger partial charge in [-0.25, -0.2) is 0 Å². The van der Waals surface area contributed by atoms with Gasteiger partial charge in [-0.05, 0) is 25.7 Å². The number of carboxylic acids is 1. The highest BCUT2D eigenvalue weighted by molar-refractivity contribution is 5.89. The molecule has 0 heterocycles. The van der Waals surface area contributed by atoms with Gasteiger partial charge < -0.3 is 15.2 Å². The zero-order valence-electron chi connectivity index (χ0n) is 11.8. The molecule has 0 spiro atoms. The van der Waals surface area contributed by atoms with Crippen LogP contribution in [0.2, 0.25) is 0 Å². The van der Waals surface area contributed by atoms with Gasteiger partial charge in [-0.3, -0.25) is 9.59 Å². The van der Waals surface area contributed by atoms with Crippen molar-refractivity contribution < 1.29 is 19.4 Å². The number of carbonyl (C=O) groups excluding carboxylic acids is 1. The highest BCUT2D eigenvalue weighted by Gasteiger charge is 2.56. The van der Waals surface area contributed by atoms with Gasteiger partial charge in [0.15, 0.2) is 0 Å². The van der Waals surface area contributed by atoms with Crippen LogP contribution in [0.15, 0.2) is 0 Å².